The molecular weight excluding hydrogens is 115 g/mol. The fourth-order valence-corrected chi connectivity index (χ4v) is 1.44. The molecule has 0 atom stereocenters. The van der Waals surface area contributed by atoms with Crippen molar-refractivity contribution in [3.8, 4) is 0 Å². The van der Waals surface area contributed by atoms with Crippen molar-refractivity contribution in [2.45, 2.75) is 38.5 Å². The second-order valence-corrected chi connectivity index (χ2v) is 2.88. The molecule has 0 unspecified atom stereocenters. The lowest BCUT2D eigenvalue weighted by atomic mass is 10.0. The molecule has 53 valence electrons. The molecule has 1 rings (SSSR count). The van der Waals surface area contributed by atoms with E-state index < -0.39 is 0 Å². The largest absolute Gasteiger partial charge is 0.244 e. The third-order valence-corrected chi connectivity index (χ3v) is 2.08. The lowest BCUT2D eigenvalue weighted by Gasteiger charge is -2.05. The van der Waals surface area contributed by atoms with Crippen LogP contribution in [0.3, 0.4) is 0 Å². The lowest BCUT2D eigenvalue weighted by molar-refractivity contribution is 0.411. The second-order valence-electron chi connectivity index (χ2n) is 2.88. The molecule has 1 aliphatic carbocycles. The van der Waals surface area contributed by atoms with Crippen LogP contribution in [0.15, 0.2) is 0 Å². The van der Waals surface area contributed by atoms with Gasteiger partial charge in [0.2, 0.25) is 0 Å². The van der Waals surface area contributed by atoms with E-state index >= 15 is 0 Å². The SMILES string of the molecule is F[CH]C1CCCCCC1. The van der Waals surface area contributed by atoms with Crippen LogP contribution in [-0.4, -0.2) is 0 Å². The first-order valence-corrected chi connectivity index (χ1v) is 3.87. The molecule has 0 N–H and O–H groups in total. The minimum atomic E-state index is 0.285. The maximum absolute atomic E-state index is 11.9. The number of halogens is 1. The molecule has 0 aliphatic heterocycles. The van der Waals surface area contributed by atoms with Crippen molar-refractivity contribution in [1.82, 2.24) is 0 Å². The fourth-order valence-electron chi connectivity index (χ4n) is 1.44. The molecule has 0 nitrogen and oxygen atoms in total. The van der Waals surface area contributed by atoms with Crippen LogP contribution in [0.25, 0.3) is 0 Å². The molecule has 1 saturated carbocycles. The summed E-state index contributed by atoms with van der Waals surface area (Å²) in [6.45, 7) is 0.880. The third kappa shape index (κ3) is 2.33. The van der Waals surface area contributed by atoms with Gasteiger partial charge in [-0.2, -0.15) is 0 Å². The first kappa shape index (κ1) is 7.04. The molecule has 0 bridgehead atoms. The van der Waals surface area contributed by atoms with Gasteiger partial charge in [-0.15, -0.1) is 0 Å². The predicted molar refractivity (Wildman–Crippen MR) is 36.6 cm³/mol. The zero-order chi connectivity index (χ0) is 6.53. The van der Waals surface area contributed by atoms with Crippen LogP contribution in [-0.2, 0) is 0 Å². The molecule has 0 aromatic carbocycles. The maximum atomic E-state index is 11.9. The molecule has 0 amide bonds. The van der Waals surface area contributed by atoms with Gasteiger partial charge in [0, 0.05) is 0 Å². The minimum absolute atomic E-state index is 0.285. The summed E-state index contributed by atoms with van der Waals surface area (Å²) in [5.74, 6) is 0.285. The van der Waals surface area contributed by atoms with Crippen LogP contribution >= 0.6 is 0 Å². The van der Waals surface area contributed by atoms with Gasteiger partial charge in [-0.25, -0.2) is 4.39 Å². The summed E-state index contributed by atoms with van der Waals surface area (Å²) in [4.78, 5) is 0. The van der Waals surface area contributed by atoms with Crippen molar-refractivity contribution in [1.29, 1.82) is 0 Å². The van der Waals surface area contributed by atoms with Gasteiger partial charge >= 0.3 is 0 Å². The van der Waals surface area contributed by atoms with E-state index in [0.717, 1.165) is 19.5 Å². The van der Waals surface area contributed by atoms with Crippen molar-refractivity contribution >= 4 is 0 Å². The average molecular weight is 129 g/mol. The fraction of sp³-hybridized carbons (Fsp3) is 0.875. The van der Waals surface area contributed by atoms with Crippen LogP contribution in [0.2, 0.25) is 0 Å². The molecule has 9 heavy (non-hydrogen) atoms. The summed E-state index contributed by atoms with van der Waals surface area (Å²) < 4.78 is 11.9. The molecule has 0 aromatic heterocycles. The Morgan fingerprint density at radius 2 is 1.56 bits per heavy atom. The highest BCUT2D eigenvalue weighted by atomic mass is 19.1. The van der Waals surface area contributed by atoms with Gasteiger partial charge in [0.15, 0.2) is 0 Å². The zero-order valence-electron chi connectivity index (χ0n) is 5.78. The Balaban J connectivity index is 2.18. The highest BCUT2D eigenvalue weighted by molar-refractivity contribution is 4.69. The van der Waals surface area contributed by atoms with Crippen LogP contribution in [0.4, 0.5) is 4.39 Å². The quantitative estimate of drug-likeness (QED) is 0.477. The van der Waals surface area contributed by atoms with E-state index in [-0.39, 0.29) is 5.92 Å². The molecule has 0 saturated heterocycles. The number of rotatable bonds is 1. The van der Waals surface area contributed by atoms with Crippen LogP contribution < -0.4 is 0 Å². The Kier molecular flexibility index (Phi) is 3.02. The normalized spacial score (nSPS) is 23.7. The van der Waals surface area contributed by atoms with Gasteiger partial charge in [-0.05, 0) is 18.8 Å². The summed E-state index contributed by atoms with van der Waals surface area (Å²) in [6, 6.07) is 0. The van der Waals surface area contributed by atoms with Crippen molar-refractivity contribution in [2.75, 3.05) is 0 Å². The van der Waals surface area contributed by atoms with E-state index in [1.165, 1.54) is 25.7 Å². The molecule has 0 spiro atoms. The topological polar surface area (TPSA) is 0 Å². The molecule has 0 heterocycles. The van der Waals surface area contributed by atoms with E-state index in [1.54, 1.807) is 0 Å². The highest BCUT2D eigenvalue weighted by Gasteiger charge is 2.11. The third-order valence-electron chi connectivity index (χ3n) is 2.08. The van der Waals surface area contributed by atoms with Crippen LogP contribution in [0, 0.1) is 12.6 Å². The Morgan fingerprint density at radius 3 is 2.00 bits per heavy atom. The first-order chi connectivity index (χ1) is 4.43. The van der Waals surface area contributed by atoms with Gasteiger partial charge in [-0.1, -0.05) is 25.7 Å². The van der Waals surface area contributed by atoms with Gasteiger partial charge < -0.3 is 0 Å². The van der Waals surface area contributed by atoms with Crippen molar-refractivity contribution in [2.24, 2.45) is 5.92 Å². The first-order valence-electron chi connectivity index (χ1n) is 3.87. The Hall–Kier alpha value is -0.0700. The summed E-state index contributed by atoms with van der Waals surface area (Å²) in [6.07, 6.45) is 7.23. The van der Waals surface area contributed by atoms with E-state index in [4.69, 9.17) is 0 Å². The highest BCUT2D eigenvalue weighted by Crippen LogP contribution is 2.24. The second kappa shape index (κ2) is 3.86. The molecule has 0 aromatic rings. The lowest BCUT2D eigenvalue weighted by Crippen LogP contribution is -1.94. The maximum Gasteiger partial charge on any atom is 0.134 e. The van der Waals surface area contributed by atoms with E-state index in [0.29, 0.717) is 0 Å². The minimum Gasteiger partial charge on any atom is -0.244 e. The standard InChI is InChI=1S/C8H14F/c9-7-8-5-3-1-2-4-6-8/h7-8H,1-6H2. The molecule has 1 aliphatic rings. The smallest absolute Gasteiger partial charge is 0.134 e. The van der Waals surface area contributed by atoms with Gasteiger partial charge in [0.1, 0.15) is 6.67 Å². The predicted octanol–water partition coefficient (Wildman–Crippen LogP) is 3.09. The van der Waals surface area contributed by atoms with E-state index in [1.807, 2.05) is 0 Å². The molecule has 1 radical (unpaired) electrons. The van der Waals surface area contributed by atoms with E-state index in [2.05, 4.69) is 0 Å². The van der Waals surface area contributed by atoms with Gasteiger partial charge in [0.05, 0.1) is 0 Å². The number of hydrogen-bond acceptors (Lipinski definition) is 0. The Bertz CT molecular complexity index is 63.0. The Morgan fingerprint density at radius 1 is 1.00 bits per heavy atom. The zero-order valence-corrected chi connectivity index (χ0v) is 5.78. The van der Waals surface area contributed by atoms with Crippen molar-refractivity contribution < 1.29 is 4.39 Å². The summed E-state index contributed by atoms with van der Waals surface area (Å²) in [7, 11) is 0. The Labute approximate surface area is 56.5 Å². The van der Waals surface area contributed by atoms with Crippen molar-refractivity contribution in [3.05, 3.63) is 6.67 Å². The molecular formula is C8H14F. The average Bonchev–Trinajstić information content (AvgIpc) is 2.13. The monoisotopic (exact) mass is 129 g/mol. The summed E-state index contributed by atoms with van der Waals surface area (Å²) in [5.41, 5.74) is 0. The summed E-state index contributed by atoms with van der Waals surface area (Å²) >= 11 is 0. The molecule has 1 fully saturated rings. The van der Waals surface area contributed by atoms with Gasteiger partial charge in [-0.3, -0.25) is 0 Å². The van der Waals surface area contributed by atoms with Gasteiger partial charge in [0.25, 0.3) is 0 Å². The molecule has 1 heteroatoms. The van der Waals surface area contributed by atoms with Crippen molar-refractivity contribution in [3.63, 3.8) is 0 Å². The van der Waals surface area contributed by atoms with E-state index in [9.17, 15) is 4.39 Å². The van der Waals surface area contributed by atoms with Crippen LogP contribution in [0.5, 0.6) is 0 Å². The van der Waals surface area contributed by atoms with Crippen LogP contribution in [0.1, 0.15) is 38.5 Å². The summed E-state index contributed by atoms with van der Waals surface area (Å²) in [5, 5.41) is 0. The number of hydrogen-bond donors (Lipinski definition) is 0.